The molecule has 0 radical (unpaired) electrons. The highest BCUT2D eigenvalue weighted by molar-refractivity contribution is 7.99. The second-order valence-corrected chi connectivity index (χ2v) is 11.8. The number of halogens is 1. The molecular weight excluding hydrogens is 502 g/mol. The number of carbonyl (C=O) groups is 1. The molecule has 3 aromatic carbocycles. The highest BCUT2D eigenvalue weighted by Crippen LogP contribution is 2.20. The van der Waals surface area contributed by atoms with E-state index in [4.69, 9.17) is 11.6 Å². The Kier molecular flexibility index (Phi) is 8.86. The average Bonchev–Trinajstić information content (AvgIpc) is 2.89. The molecule has 35 heavy (non-hydrogen) atoms. The summed E-state index contributed by atoms with van der Waals surface area (Å²) in [5, 5.41) is 3.67. The Hall–Kier alpha value is -2.36. The normalized spacial score (nSPS) is 15.1. The van der Waals surface area contributed by atoms with E-state index in [9.17, 15) is 13.2 Å². The Morgan fingerprint density at radius 2 is 1.54 bits per heavy atom. The molecule has 1 aliphatic heterocycles. The van der Waals surface area contributed by atoms with Crippen molar-refractivity contribution in [3.8, 4) is 0 Å². The van der Waals surface area contributed by atoms with Gasteiger partial charge in [-0.05, 0) is 54.1 Å². The molecule has 1 aliphatic rings. The van der Waals surface area contributed by atoms with Crippen molar-refractivity contribution in [1.82, 2.24) is 14.5 Å². The van der Waals surface area contributed by atoms with E-state index in [2.05, 4.69) is 10.2 Å². The van der Waals surface area contributed by atoms with Crippen molar-refractivity contribution in [2.75, 3.05) is 38.5 Å². The molecule has 0 aliphatic carbocycles. The number of piperazine rings is 1. The van der Waals surface area contributed by atoms with Gasteiger partial charge in [0.25, 0.3) is 5.91 Å². The van der Waals surface area contributed by atoms with Crippen molar-refractivity contribution < 1.29 is 13.2 Å². The van der Waals surface area contributed by atoms with Crippen LogP contribution in [0.5, 0.6) is 0 Å². The monoisotopic (exact) mass is 529 g/mol. The van der Waals surface area contributed by atoms with E-state index in [1.165, 1.54) is 0 Å². The topological polar surface area (TPSA) is 69.7 Å². The molecule has 9 heteroatoms. The summed E-state index contributed by atoms with van der Waals surface area (Å²) in [7, 11) is -3.45. The molecule has 4 rings (SSSR count). The van der Waals surface area contributed by atoms with Crippen molar-refractivity contribution in [2.45, 2.75) is 16.3 Å². The van der Waals surface area contributed by atoms with Crippen LogP contribution >= 0.6 is 23.4 Å². The number of rotatable bonds is 9. The van der Waals surface area contributed by atoms with E-state index in [1.54, 1.807) is 40.3 Å². The third-order valence-corrected chi connectivity index (χ3v) is 8.98. The second kappa shape index (κ2) is 12.1. The number of hydrogen-bond donors (Lipinski definition) is 1. The minimum atomic E-state index is -3.45. The predicted molar refractivity (Wildman–Crippen MR) is 141 cm³/mol. The van der Waals surface area contributed by atoms with Crippen LogP contribution in [0.3, 0.4) is 0 Å². The molecule has 3 aromatic rings. The number of nitrogens with zero attached hydrogens (tertiary/aromatic N) is 2. The third-order valence-electron chi connectivity index (χ3n) is 5.80. The van der Waals surface area contributed by atoms with E-state index < -0.39 is 10.0 Å². The lowest BCUT2D eigenvalue weighted by molar-refractivity contribution is 0.0956. The van der Waals surface area contributed by atoms with Crippen LogP contribution in [0.25, 0.3) is 0 Å². The Morgan fingerprint density at radius 3 is 2.20 bits per heavy atom. The molecule has 0 saturated carbocycles. The van der Waals surface area contributed by atoms with Crippen molar-refractivity contribution in [1.29, 1.82) is 0 Å². The fourth-order valence-electron chi connectivity index (χ4n) is 3.86. The highest BCUT2D eigenvalue weighted by atomic mass is 35.5. The van der Waals surface area contributed by atoms with Gasteiger partial charge in [-0.25, -0.2) is 8.42 Å². The zero-order valence-corrected chi connectivity index (χ0v) is 21.7. The zero-order chi connectivity index (χ0) is 24.7. The predicted octanol–water partition coefficient (Wildman–Crippen LogP) is 4.37. The Bertz CT molecular complexity index is 1210. The molecule has 6 nitrogen and oxygen atoms in total. The molecule has 1 amide bonds. The van der Waals surface area contributed by atoms with Crippen molar-refractivity contribution >= 4 is 39.3 Å². The van der Waals surface area contributed by atoms with Gasteiger partial charge in [0.2, 0.25) is 10.0 Å². The summed E-state index contributed by atoms with van der Waals surface area (Å²) in [6.07, 6.45) is 0. The van der Waals surface area contributed by atoms with Crippen LogP contribution in [0.4, 0.5) is 0 Å². The number of nitrogens with one attached hydrogen (secondary N) is 1. The van der Waals surface area contributed by atoms with Crippen molar-refractivity contribution in [3.63, 3.8) is 0 Å². The van der Waals surface area contributed by atoms with Gasteiger partial charge in [0.1, 0.15) is 0 Å². The van der Waals surface area contributed by atoms with Crippen LogP contribution in [0, 0.1) is 0 Å². The molecule has 1 heterocycles. The van der Waals surface area contributed by atoms with Gasteiger partial charge in [-0.2, -0.15) is 4.31 Å². The lowest BCUT2D eigenvalue weighted by atomic mass is 10.1. The molecule has 184 valence electrons. The maximum absolute atomic E-state index is 12.8. The first-order valence-electron chi connectivity index (χ1n) is 11.4. The first kappa shape index (κ1) is 25.7. The van der Waals surface area contributed by atoms with Crippen LogP contribution in [0.15, 0.2) is 88.7 Å². The number of amides is 1. The highest BCUT2D eigenvalue weighted by Gasteiger charge is 2.28. The van der Waals surface area contributed by atoms with Gasteiger partial charge < -0.3 is 5.32 Å². The van der Waals surface area contributed by atoms with Crippen LogP contribution in [0.1, 0.15) is 15.9 Å². The van der Waals surface area contributed by atoms with E-state index >= 15 is 0 Å². The minimum absolute atomic E-state index is 0.0898. The summed E-state index contributed by atoms with van der Waals surface area (Å²) in [5.41, 5.74) is 1.73. The molecule has 0 atom stereocenters. The van der Waals surface area contributed by atoms with Crippen LogP contribution in [-0.4, -0.2) is 62.0 Å². The number of sulfonamides is 1. The van der Waals surface area contributed by atoms with Gasteiger partial charge in [-0.15, -0.1) is 11.8 Å². The van der Waals surface area contributed by atoms with Crippen LogP contribution in [-0.2, 0) is 16.6 Å². The number of benzene rings is 3. The molecule has 1 fully saturated rings. The number of hydrogen-bond acceptors (Lipinski definition) is 5. The van der Waals surface area contributed by atoms with Crippen LogP contribution < -0.4 is 5.32 Å². The SMILES string of the molecule is O=C(NCCSc1ccc(Cl)cc1)c1ccc(CN2CCN(S(=O)(=O)c3ccccc3)CC2)cc1. The molecule has 0 spiro atoms. The maximum atomic E-state index is 12.8. The fourth-order valence-corrected chi connectivity index (χ4v) is 6.19. The van der Waals surface area contributed by atoms with Crippen molar-refractivity contribution in [2.24, 2.45) is 0 Å². The summed E-state index contributed by atoms with van der Waals surface area (Å²) < 4.78 is 27.1. The molecular formula is C26H28ClN3O3S2. The van der Waals surface area contributed by atoms with Gasteiger partial charge in [0, 0.05) is 60.5 Å². The number of carbonyl (C=O) groups excluding carboxylic acids is 1. The average molecular weight is 530 g/mol. The van der Waals surface area contributed by atoms with E-state index in [0.717, 1.165) is 22.8 Å². The Morgan fingerprint density at radius 1 is 0.886 bits per heavy atom. The second-order valence-electron chi connectivity index (χ2n) is 8.25. The molecule has 0 bridgehead atoms. The zero-order valence-electron chi connectivity index (χ0n) is 19.3. The van der Waals surface area contributed by atoms with Gasteiger partial charge in [0.05, 0.1) is 4.90 Å². The molecule has 1 saturated heterocycles. The first-order valence-corrected chi connectivity index (χ1v) is 14.3. The summed E-state index contributed by atoms with van der Waals surface area (Å²) in [6.45, 7) is 3.56. The Balaban J connectivity index is 1.21. The van der Waals surface area contributed by atoms with E-state index in [1.807, 2.05) is 54.6 Å². The summed E-state index contributed by atoms with van der Waals surface area (Å²) >= 11 is 7.57. The standard InChI is InChI=1S/C26H28ClN3O3S2/c27-23-10-12-24(13-11-23)34-19-14-28-26(31)22-8-6-21(7-9-22)20-29-15-17-30(18-16-29)35(32,33)25-4-2-1-3-5-25/h1-13H,14-20H2,(H,28,31). The largest absolute Gasteiger partial charge is 0.351 e. The maximum Gasteiger partial charge on any atom is 0.251 e. The molecule has 1 N–H and O–H groups in total. The smallest absolute Gasteiger partial charge is 0.251 e. The van der Waals surface area contributed by atoms with Gasteiger partial charge in [0.15, 0.2) is 0 Å². The third kappa shape index (κ3) is 7.08. The molecule has 0 aromatic heterocycles. The van der Waals surface area contributed by atoms with Gasteiger partial charge >= 0.3 is 0 Å². The summed E-state index contributed by atoms with van der Waals surface area (Å²) in [4.78, 5) is 16.1. The molecule has 0 unspecified atom stereocenters. The summed E-state index contributed by atoms with van der Waals surface area (Å²) in [5.74, 6) is 0.685. The van der Waals surface area contributed by atoms with Gasteiger partial charge in [-0.1, -0.05) is 41.9 Å². The number of thioether (sulfide) groups is 1. The fraction of sp³-hybridized carbons (Fsp3) is 0.269. The van der Waals surface area contributed by atoms with Crippen molar-refractivity contribution in [3.05, 3.63) is 95.0 Å². The van der Waals surface area contributed by atoms with E-state index in [-0.39, 0.29) is 5.91 Å². The first-order chi connectivity index (χ1) is 16.9. The lowest BCUT2D eigenvalue weighted by Crippen LogP contribution is -2.48. The van der Waals surface area contributed by atoms with Gasteiger partial charge in [-0.3, -0.25) is 9.69 Å². The summed E-state index contributed by atoms with van der Waals surface area (Å²) in [6, 6.07) is 23.8. The quantitative estimate of drug-likeness (QED) is 0.329. The van der Waals surface area contributed by atoms with E-state index in [0.29, 0.717) is 48.2 Å². The Labute approximate surface area is 216 Å². The minimum Gasteiger partial charge on any atom is -0.351 e. The lowest BCUT2D eigenvalue weighted by Gasteiger charge is -2.34. The van der Waals surface area contributed by atoms with Crippen LogP contribution in [0.2, 0.25) is 5.02 Å².